The summed E-state index contributed by atoms with van der Waals surface area (Å²) in [6.45, 7) is 1.77. The second kappa shape index (κ2) is 11.5. The second-order valence-electron chi connectivity index (χ2n) is 11.2. The van der Waals surface area contributed by atoms with Crippen LogP contribution in [0.25, 0.3) is 10.9 Å². The van der Waals surface area contributed by atoms with Crippen LogP contribution in [-0.4, -0.2) is 36.4 Å². The van der Waals surface area contributed by atoms with Gasteiger partial charge in [0.1, 0.15) is 5.54 Å². The number of carbonyl (C=O) groups excluding carboxylic acids is 1. The number of hydrogen-bond acceptors (Lipinski definition) is 4. The first kappa shape index (κ1) is 29.8. The van der Waals surface area contributed by atoms with E-state index in [-0.39, 0.29) is 23.3 Å². The normalized spacial score (nSPS) is 17.0. The fourth-order valence-corrected chi connectivity index (χ4v) is 7.24. The third-order valence-corrected chi connectivity index (χ3v) is 9.79. The topological polar surface area (TPSA) is 104 Å². The van der Waals surface area contributed by atoms with Gasteiger partial charge in [-0.05, 0) is 67.8 Å². The summed E-state index contributed by atoms with van der Waals surface area (Å²) in [7, 11) is -4.39. The van der Waals surface area contributed by atoms with E-state index in [0.717, 1.165) is 66.4 Å². The molecule has 0 unspecified atom stereocenters. The molecule has 1 fully saturated rings. The SMILES string of the molecule is C[C@@](Cc1c[nH]c2ccccc12)(NS(=O)(=O)c1ccc(C(F)(F)F)cc1)C(=O)NCC1(c2ccccn2)CCCCC1. The van der Waals surface area contributed by atoms with Crippen LogP contribution in [0, 0.1) is 0 Å². The monoisotopic (exact) mass is 598 g/mol. The fraction of sp³-hybridized carbons (Fsp3) is 0.355. The molecule has 5 rings (SSSR count). The molecule has 2 heterocycles. The molecule has 0 aliphatic heterocycles. The Morgan fingerprint density at radius 1 is 0.976 bits per heavy atom. The quantitative estimate of drug-likeness (QED) is 0.224. The molecule has 2 aromatic heterocycles. The minimum absolute atomic E-state index is 0.000696. The summed E-state index contributed by atoms with van der Waals surface area (Å²) in [4.78, 5) is 21.4. The van der Waals surface area contributed by atoms with Gasteiger partial charge in [-0.2, -0.15) is 17.9 Å². The number of fused-ring (bicyclic) bond motifs is 1. The van der Waals surface area contributed by atoms with E-state index in [9.17, 15) is 26.4 Å². The molecule has 4 aromatic rings. The molecule has 0 radical (unpaired) electrons. The summed E-state index contributed by atoms with van der Waals surface area (Å²) in [6.07, 6.45) is 3.59. The molecule has 2 aromatic carbocycles. The Balaban J connectivity index is 1.46. The first-order valence-electron chi connectivity index (χ1n) is 13.9. The number of aromatic nitrogens is 2. The summed E-state index contributed by atoms with van der Waals surface area (Å²) in [5.74, 6) is -0.538. The zero-order valence-corrected chi connectivity index (χ0v) is 24.0. The van der Waals surface area contributed by atoms with Gasteiger partial charge in [-0.3, -0.25) is 9.78 Å². The maximum Gasteiger partial charge on any atom is 0.416 e. The van der Waals surface area contributed by atoms with Gasteiger partial charge >= 0.3 is 6.18 Å². The number of alkyl halides is 3. The summed E-state index contributed by atoms with van der Waals surface area (Å²) < 4.78 is 68.8. The number of pyridine rings is 1. The van der Waals surface area contributed by atoms with E-state index in [2.05, 4.69) is 20.0 Å². The number of aromatic amines is 1. The Morgan fingerprint density at radius 2 is 1.67 bits per heavy atom. The van der Waals surface area contributed by atoms with Crippen LogP contribution in [0.2, 0.25) is 0 Å². The number of H-pyrrole nitrogens is 1. The minimum Gasteiger partial charge on any atom is -0.361 e. The summed E-state index contributed by atoms with van der Waals surface area (Å²) >= 11 is 0. The van der Waals surface area contributed by atoms with Crippen molar-refractivity contribution in [2.75, 3.05) is 6.54 Å². The standard InChI is InChI=1S/C31H33F3N4O3S/c1-29(19-22-20-36-26-10-4-3-9-25(22)26,38-42(40,41)24-14-12-23(13-15-24)31(32,33)34)28(39)37-21-30(16-6-2-7-17-30)27-11-5-8-18-35-27/h3-5,8-15,18,20,36,38H,2,6-7,16-17,19,21H2,1H3,(H,37,39)/t29-/m0/s1. The van der Waals surface area contributed by atoms with E-state index < -0.39 is 33.2 Å². The predicted molar refractivity (Wildman–Crippen MR) is 154 cm³/mol. The summed E-state index contributed by atoms with van der Waals surface area (Å²) in [6, 6.07) is 16.4. The Hall–Kier alpha value is -3.70. The average Bonchev–Trinajstić information content (AvgIpc) is 3.38. The van der Waals surface area contributed by atoms with Crippen molar-refractivity contribution in [1.82, 2.24) is 20.0 Å². The molecule has 0 bridgehead atoms. The average molecular weight is 599 g/mol. The molecule has 1 atom stereocenters. The zero-order chi connectivity index (χ0) is 30.0. The lowest BCUT2D eigenvalue weighted by Gasteiger charge is -2.38. The van der Waals surface area contributed by atoms with Crippen molar-refractivity contribution < 1.29 is 26.4 Å². The highest BCUT2D eigenvalue weighted by Crippen LogP contribution is 2.38. The maximum absolute atomic E-state index is 14.0. The summed E-state index contributed by atoms with van der Waals surface area (Å²) in [5, 5.41) is 3.87. The van der Waals surface area contributed by atoms with Gasteiger partial charge in [0, 0.05) is 47.4 Å². The van der Waals surface area contributed by atoms with Crippen LogP contribution in [0.5, 0.6) is 0 Å². The van der Waals surface area contributed by atoms with E-state index >= 15 is 0 Å². The molecule has 222 valence electrons. The van der Waals surface area contributed by atoms with Crippen molar-refractivity contribution in [2.24, 2.45) is 0 Å². The number of carbonyl (C=O) groups is 1. The molecular formula is C31H33F3N4O3S. The number of para-hydroxylation sites is 1. The van der Waals surface area contributed by atoms with Crippen LogP contribution in [0.4, 0.5) is 13.2 Å². The minimum atomic E-state index is -4.61. The lowest BCUT2D eigenvalue weighted by molar-refractivity contribution is -0.137. The number of sulfonamides is 1. The molecule has 11 heteroatoms. The van der Waals surface area contributed by atoms with E-state index in [4.69, 9.17) is 0 Å². The van der Waals surface area contributed by atoms with Crippen molar-refractivity contribution in [2.45, 2.75) is 67.5 Å². The molecule has 1 aliphatic carbocycles. The van der Waals surface area contributed by atoms with Crippen molar-refractivity contribution >= 4 is 26.8 Å². The highest BCUT2D eigenvalue weighted by molar-refractivity contribution is 7.89. The molecule has 0 saturated heterocycles. The fourth-order valence-electron chi connectivity index (χ4n) is 5.87. The number of rotatable bonds is 9. The number of nitrogens with one attached hydrogen (secondary N) is 3. The van der Waals surface area contributed by atoms with E-state index in [1.54, 1.807) is 12.4 Å². The molecular weight excluding hydrogens is 565 g/mol. The lowest BCUT2D eigenvalue weighted by Crippen LogP contribution is -2.59. The first-order valence-corrected chi connectivity index (χ1v) is 15.4. The van der Waals surface area contributed by atoms with Crippen molar-refractivity contribution in [3.05, 3.63) is 95.9 Å². The Bertz CT molecular complexity index is 1650. The van der Waals surface area contributed by atoms with Gasteiger partial charge in [-0.1, -0.05) is 43.5 Å². The van der Waals surface area contributed by atoms with E-state index in [0.29, 0.717) is 12.1 Å². The number of benzene rings is 2. The third-order valence-electron chi connectivity index (χ3n) is 8.18. The number of halogens is 3. The molecule has 7 nitrogen and oxygen atoms in total. The molecule has 0 spiro atoms. The molecule has 1 amide bonds. The first-order chi connectivity index (χ1) is 19.9. The van der Waals surface area contributed by atoms with Gasteiger partial charge in [-0.25, -0.2) is 8.42 Å². The van der Waals surface area contributed by atoms with Crippen LogP contribution >= 0.6 is 0 Å². The largest absolute Gasteiger partial charge is 0.416 e. The van der Waals surface area contributed by atoms with Crippen molar-refractivity contribution in [3.8, 4) is 0 Å². The second-order valence-corrected chi connectivity index (χ2v) is 12.9. The molecule has 3 N–H and O–H groups in total. The van der Waals surface area contributed by atoms with Crippen LogP contribution in [0.15, 0.2) is 84.0 Å². The number of amides is 1. The zero-order valence-electron chi connectivity index (χ0n) is 23.2. The van der Waals surface area contributed by atoms with E-state index in [1.807, 2.05) is 42.5 Å². The van der Waals surface area contributed by atoms with Gasteiger partial charge in [0.2, 0.25) is 15.9 Å². The van der Waals surface area contributed by atoms with E-state index in [1.165, 1.54) is 6.92 Å². The van der Waals surface area contributed by atoms with Gasteiger partial charge < -0.3 is 10.3 Å². The molecule has 42 heavy (non-hydrogen) atoms. The van der Waals surface area contributed by atoms with Crippen LogP contribution in [0.1, 0.15) is 55.8 Å². The lowest BCUT2D eigenvalue weighted by atomic mass is 9.71. The maximum atomic E-state index is 14.0. The van der Waals surface area contributed by atoms with Crippen LogP contribution in [-0.2, 0) is 32.8 Å². The Labute approximate surface area is 243 Å². The third kappa shape index (κ3) is 6.22. The van der Waals surface area contributed by atoms with Crippen molar-refractivity contribution in [3.63, 3.8) is 0 Å². The molecule has 1 saturated carbocycles. The van der Waals surface area contributed by atoms with Crippen LogP contribution < -0.4 is 10.0 Å². The highest BCUT2D eigenvalue weighted by Gasteiger charge is 2.42. The van der Waals surface area contributed by atoms with Gasteiger partial charge in [0.25, 0.3) is 0 Å². The number of nitrogens with zero attached hydrogens (tertiary/aromatic N) is 1. The molecule has 1 aliphatic rings. The van der Waals surface area contributed by atoms with Crippen molar-refractivity contribution in [1.29, 1.82) is 0 Å². The summed E-state index contributed by atoms with van der Waals surface area (Å²) in [5.41, 5.74) is -0.593. The Morgan fingerprint density at radius 3 is 2.33 bits per heavy atom. The van der Waals surface area contributed by atoms with Gasteiger partial charge in [-0.15, -0.1) is 0 Å². The van der Waals surface area contributed by atoms with Gasteiger partial charge in [0.15, 0.2) is 0 Å². The van der Waals surface area contributed by atoms with Gasteiger partial charge in [0.05, 0.1) is 10.5 Å². The predicted octanol–water partition coefficient (Wildman–Crippen LogP) is 5.88. The number of hydrogen-bond donors (Lipinski definition) is 3. The van der Waals surface area contributed by atoms with Crippen LogP contribution in [0.3, 0.4) is 0 Å². The smallest absolute Gasteiger partial charge is 0.361 e. The highest BCUT2D eigenvalue weighted by atomic mass is 32.2. The Kier molecular flexibility index (Phi) is 8.17.